The smallest absolute Gasteiger partial charge is 0.314 e. The summed E-state index contributed by atoms with van der Waals surface area (Å²) in [5, 5.41) is 10.7. The number of fused-ring (bicyclic) bond motifs is 2. The van der Waals surface area contributed by atoms with E-state index in [2.05, 4.69) is 21.5 Å². The van der Waals surface area contributed by atoms with Crippen molar-refractivity contribution in [3.8, 4) is 0 Å². The Morgan fingerprint density at radius 1 is 1.50 bits per heavy atom. The second kappa shape index (κ2) is 5.05. The second-order valence-corrected chi connectivity index (χ2v) is 6.34. The molecule has 0 radical (unpaired) electrons. The number of hydrogen-bond acceptors (Lipinski definition) is 5. The quantitative estimate of drug-likeness (QED) is 0.793. The number of carbonyl (C=O) groups is 2. The molecule has 0 aliphatic carbocycles. The van der Waals surface area contributed by atoms with Crippen LogP contribution in [0.25, 0.3) is 11.0 Å². The zero-order chi connectivity index (χ0) is 16.9. The van der Waals surface area contributed by atoms with E-state index in [1.165, 1.54) is 6.33 Å². The predicted molar refractivity (Wildman–Crippen MR) is 86.4 cm³/mol. The average Bonchev–Trinajstić information content (AvgIpc) is 3.23. The molecule has 2 aliphatic heterocycles. The van der Waals surface area contributed by atoms with Gasteiger partial charge in [-0.3, -0.25) is 9.59 Å². The Bertz CT molecular complexity index is 847. The third-order valence-corrected chi connectivity index (χ3v) is 5.03. The summed E-state index contributed by atoms with van der Waals surface area (Å²) in [4.78, 5) is 39.6. The third kappa shape index (κ3) is 1.85. The van der Waals surface area contributed by atoms with Gasteiger partial charge in [0.15, 0.2) is 0 Å². The number of amides is 1. The van der Waals surface area contributed by atoms with Crippen LogP contribution >= 0.6 is 0 Å². The molecule has 4 heterocycles. The highest BCUT2D eigenvalue weighted by atomic mass is 16.4. The molecule has 2 aromatic rings. The molecule has 0 bridgehead atoms. The number of aromatic nitrogens is 3. The topological polar surface area (TPSA) is 102 Å². The summed E-state index contributed by atoms with van der Waals surface area (Å²) < 4.78 is 0. The molecule has 0 saturated carbocycles. The van der Waals surface area contributed by atoms with Crippen molar-refractivity contribution >= 4 is 28.7 Å². The van der Waals surface area contributed by atoms with Crippen LogP contribution in [-0.4, -0.2) is 63.0 Å². The number of nitrogens with zero attached hydrogens (tertiary/aromatic N) is 4. The van der Waals surface area contributed by atoms with Gasteiger partial charge in [0.25, 0.3) is 0 Å². The van der Waals surface area contributed by atoms with Crippen LogP contribution in [0, 0.1) is 11.3 Å². The maximum Gasteiger partial charge on any atom is 0.314 e. The molecule has 1 amide bonds. The zero-order valence-corrected chi connectivity index (χ0v) is 13.0. The summed E-state index contributed by atoms with van der Waals surface area (Å²) in [5.41, 5.74) is -0.408. The molecule has 8 nitrogen and oxygen atoms in total. The van der Waals surface area contributed by atoms with Crippen LogP contribution < -0.4 is 4.90 Å². The van der Waals surface area contributed by atoms with Crippen LogP contribution in [0.4, 0.5) is 5.82 Å². The highest BCUT2D eigenvalue weighted by Gasteiger charge is 2.62. The molecule has 2 atom stereocenters. The highest BCUT2D eigenvalue weighted by Crippen LogP contribution is 2.45. The maximum absolute atomic E-state index is 12.6. The number of anilines is 1. The van der Waals surface area contributed by atoms with E-state index in [1.54, 1.807) is 17.2 Å². The van der Waals surface area contributed by atoms with E-state index in [1.807, 2.05) is 11.0 Å². The Morgan fingerprint density at radius 3 is 3.04 bits per heavy atom. The van der Waals surface area contributed by atoms with Crippen molar-refractivity contribution < 1.29 is 14.7 Å². The van der Waals surface area contributed by atoms with Crippen molar-refractivity contribution in [1.82, 2.24) is 19.9 Å². The number of hydrogen-bond donors (Lipinski definition) is 2. The van der Waals surface area contributed by atoms with Crippen molar-refractivity contribution in [2.24, 2.45) is 11.3 Å². The molecule has 2 N–H and O–H groups in total. The number of aromatic amines is 1. The van der Waals surface area contributed by atoms with Crippen LogP contribution in [0.2, 0.25) is 0 Å². The minimum atomic E-state index is -1.10. The van der Waals surface area contributed by atoms with Crippen LogP contribution in [0.3, 0.4) is 0 Å². The van der Waals surface area contributed by atoms with E-state index in [4.69, 9.17) is 0 Å². The second-order valence-electron chi connectivity index (χ2n) is 6.34. The number of carboxylic acid groups (broad SMARTS) is 1. The minimum absolute atomic E-state index is 0.126. The molecule has 2 fully saturated rings. The molecule has 4 rings (SSSR count). The lowest BCUT2D eigenvalue weighted by atomic mass is 9.81. The summed E-state index contributed by atoms with van der Waals surface area (Å²) in [7, 11) is 0. The number of carboxylic acids is 1. The van der Waals surface area contributed by atoms with Crippen molar-refractivity contribution in [2.75, 3.05) is 31.1 Å². The Kier molecular flexibility index (Phi) is 3.09. The first-order valence-corrected chi connectivity index (χ1v) is 7.73. The van der Waals surface area contributed by atoms with Crippen molar-refractivity contribution in [1.29, 1.82) is 0 Å². The third-order valence-electron chi connectivity index (χ3n) is 5.03. The molecule has 24 heavy (non-hydrogen) atoms. The lowest BCUT2D eigenvalue weighted by molar-refractivity contribution is -0.149. The lowest BCUT2D eigenvalue weighted by Crippen LogP contribution is -2.41. The molecule has 1 unspecified atom stereocenters. The van der Waals surface area contributed by atoms with E-state index in [9.17, 15) is 14.7 Å². The summed E-state index contributed by atoms with van der Waals surface area (Å²) >= 11 is 0. The fourth-order valence-electron chi connectivity index (χ4n) is 3.89. The largest absolute Gasteiger partial charge is 0.481 e. The van der Waals surface area contributed by atoms with Crippen LogP contribution in [0.15, 0.2) is 31.2 Å². The normalized spacial score (nSPS) is 26.2. The number of nitrogens with one attached hydrogen (secondary N) is 1. The molecular formula is C16H17N5O3. The summed E-state index contributed by atoms with van der Waals surface area (Å²) in [6, 6.07) is 1.86. The fourth-order valence-corrected chi connectivity index (χ4v) is 3.89. The van der Waals surface area contributed by atoms with Gasteiger partial charge < -0.3 is 19.9 Å². The molecule has 8 heteroatoms. The summed E-state index contributed by atoms with van der Waals surface area (Å²) in [6.45, 7) is 4.81. The van der Waals surface area contributed by atoms with E-state index >= 15 is 0 Å². The van der Waals surface area contributed by atoms with E-state index in [0.717, 1.165) is 5.39 Å². The fraction of sp³-hybridized carbons (Fsp3) is 0.375. The van der Waals surface area contributed by atoms with Crippen LogP contribution in [0.1, 0.15) is 0 Å². The van der Waals surface area contributed by atoms with Gasteiger partial charge in [-0.15, -0.1) is 6.58 Å². The molecule has 2 saturated heterocycles. The minimum Gasteiger partial charge on any atom is -0.481 e. The maximum atomic E-state index is 12.6. The molecule has 124 valence electrons. The van der Waals surface area contributed by atoms with E-state index in [-0.39, 0.29) is 19.0 Å². The number of H-pyrrole nitrogens is 1. The van der Waals surface area contributed by atoms with Gasteiger partial charge in [-0.2, -0.15) is 0 Å². The first kappa shape index (κ1) is 14.7. The molecule has 2 aromatic heterocycles. The van der Waals surface area contributed by atoms with Gasteiger partial charge in [-0.25, -0.2) is 9.97 Å². The average molecular weight is 327 g/mol. The number of likely N-dealkylation sites (tertiary alicyclic amines) is 1. The highest BCUT2D eigenvalue weighted by molar-refractivity contribution is 5.95. The van der Waals surface area contributed by atoms with Crippen molar-refractivity contribution in [3.05, 3.63) is 31.2 Å². The van der Waals surface area contributed by atoms with Gasteiger partial charge in [-0.05, 0) is 6.07 Å². The van der Waals surface area contributed by atoms with E-state index < -0.39 is 17.3 Å². The standard InChI is InChI=1S/C16H17N5O3/c1-2-5-20-7-16(15(23)24)8-21(6-11(16)14(20)22)13-10-3-4-17-12(10)18-9-19-13/h2-4,9,11H,1,5-8H2,(H,23,24)(H,17,18,19)/t11?,16-/m1/s1. The number of aliphatic carboxylic acids is 1. The Labute approximate surface area is 137 Å². The Balaban J connectivity index is 1.72. The van der Waals surface area contributed by atoms with Gasteiger partial charge in [0.1, 0.15) is 23.2 Å². The van der Waals surface area contributed by atoms with Crippen molar-refractivity contribution in [3.63, 3.8) is 0 Å². The monoisotopic (exact) mass is 327 g/mol. The lowest BCUT2D eigenvalue weighted by Gasteiger charge is -2.25. The Morgan fingerprint density at radius 2 is 2.33 bits per heavy atom. The van der Waals surface area contributed by atoms with Gasteiger partial charge >= 0.3 is 5.97 Å². The van der Waals surface area contributed by atoms with Gasteiger partial charge in [0, 0.05) is 32.4 Å². The van der Waals surface area contributed by atoms with Gasteiger partial charge in [0.05, 0.1) is 11.3 Å². The van der Waals surface area contributed by atoms with Crippen LogP contribution in [0.5, 0.6) is 0 Å². The van der Waals surface area contributed by atoms with E-state index in [0.29, 0.717) is 24.6 Å². The molecular weight excluding hydrogens is 310 g/mol. The van der Waals surface area contributed by atoms with Gasteiger partial charge in [-0.1, -0.05) is 6.08 Å². The summed E-state index contributed by atoms with van der Waals surface area (Å²) in [6.07, 6.45) is 4.84. The van der Waals surface area contributed by atoms with Gasteiger partial charge in [0.2, 0.25) is 5.91 Å². The van der Waals surface area contributed by atoms with Crippen molar-refractivity contribution in [2.45, 2.75) is 0 Å². The molecule has 2 aliphatic rings. The zero-order valence-electron chi connectivity index (χ0n) is 13.0. The number of carbonyl (C=O) groups excluding carboxylic acids is 1. The summed E-state index contributed by atoms with van der Waals surface area (Å²) in [5.74, 6) is -0.966. The first-order valence-electron chi connectivity index (χ1n) is 7.73. The molecule has 0 aromatic carbocycles. The SMILES string of the molecule is C=CCN1C[C@@]2(C(=O)O)CN(c3ncnc4[nH]ccc34)CC2C1=O. The Hall–Kier alpha value is -2.90. The van der Waals surface area contributed by atoms with Crippen LogP contribution in [-0.2, 0) is 9.59 Å². The molecule has 0 spiro atoms. The number of rotatable bonds is 4. The first-order chi connectivity index (χ1) is 11.6. The predicted octanol–water partition coefficient (Wildman–Crippen LogP) is 0.493.